The first kappa shape index (κ1) is 23.3. The molecule has 7 heteroatoms. The molecule has 3 aromatic carbocycles. The highest BCUT2D eigenvalue weighted by Gasteiger charge is 2.41. The third kappa shape index (κ3) is 5.03. The summed E-state index contributed by atoms with van der Waals surface area (Å²) in [4.78, 5) is 28.2. The van der Waals surface area contributed by atoms with Crippen LogP contribution >= 0.6 is 0 Å². The number of nitrogens with zero attached hydrogens (tertiary/aromatic N) is 1. The van der Waals surface area contributed by atoms with Crippen molar-refractivity contribution in [3.63, 3.8) is 0 Å². The maximum atomic E-state index is 13.4. The summed E-state index contributed by atoms with van der Waals surface area (Å²) in [6, 6.07) is 20.2. The Hall–Kier alpha value is -3.87. The number of halogens is 1. The zero-order valence-corrected chi connectivity index (χ0v) is 19.2. The van der Waals surface area contributed by atoms with Crippen LogP contribution in [0.4, 0.5) is 10.1 Å². The number of amides is 2. The minimum Gasteiger partial charge on any atom is -0.497 e. The van der Waals surface area contributed by atoms with Crippen LogP contribution in [-0.4, -0.2) is 26.0 Å². The fraction of sp³-hybridized carbons (Fsp3) is 0.259. The monoisotopic (exact) mass is 462 g/mol. The van der Waals surface area contributed by atoms with Crippen molar-refractivity contribution >= 4 is 17.5 Å². The van der Waals surface area contributed by atoms with Gasteiger partial charge in [0.15, 0.2) is 0 Å². The van der Waals surface area contributed by atoms with Gasteiger partial charge in [0.25, 0.3) is 0 Å². The molecule has 1 aliphatic heterocycles. The van der Waals surface area contributed by atoms with Crippen molar-refractivity contribution in [1.82, 2.24) is 5.32 Å². The molecule has 3 aromatic rings. The first-order chi connectivity index (χ1) is 16.5. The number of carbonyl (C=O) groups excluding carboxylic acids is 2. The minimum absolute atomic E-state index is 0.0476. The van der Waals surface area contributed by atoms with E-state index in [1.165, 1.54) is 12.1 Å². The largest absolute Gasteiger partial charge is 0.497 e. The maximum Gasteiger partial charge on any atom is 0.227 e. The fourth-order valence-electron chi connectivity index (χ4n) is 4.32. The number of piperidine rings is 1. The number of benzene rings is 3. The fourth-order valence-corrected chi connectivity index (χ4v) is 4.32. The number of ether oxygens (including phenoxy) is 2. The van der Waals surface area contributed by atoms with Gasteiger partial charge in [0.05, 0.1) is 26.2 Å². The second-order valence-corrected chi connectivity index (χ2v) is 8.17. The zero-order valence-electron chi connectivity index (χ0n) is 19.2. The Balaban J connectivity index is 1.65. The van der Waals surface area contributed by atoms with Crippen LogP contribution in [0.5, 0.6) is 11.5 Å². The number of nitrogens with one attached hydrogen (secondary N) is 1. The van der Waals surface area contributed by atoms with E-state index in [1.807, 2.05) is 36.4 Å². The van der Waals surface area contributed by atoms with E-state index in [-0.39, 0.29) is 30.6 Å². The molecule has 0 radical (unpaired) electrons. The minimum atomic E-state index is -0.492. The molecule has 0 unspecified atom stereocenters. The van der Waals surface area contributed by atoms with Gasteiger partial charge in [-0.05, 0) is 66.1 Å². The van der Waals surface area contributed by atoms with Gasteiger partial charge in [-0.1, -0.05) is 24.3 Å². The molecule has 0 aliphatic carbocycles. The van der Waals surface area contributed by atoms with E-state index < -0.39 is 12.0 Å². The SMILES string of the molecule is COc1ccc([C@@H]2[C@@H](C(=O)NCc3ccc(F)cc3)CCC(=O)N2c2ccc(OC)cc2)cc1. The van der Waals surface area contributed by atoms with Crippen LogP contribution in [0.2, 0.25) is 0 Å². The van der Waals surface area contributed by atoms with Crippen LogP contribution in [0.15, 0.2) is 72.8 Å². The quantitative estimate of drug-likeness (QED) is 0.555. The Labute approximate surface area is 198 Å². The Morgan fingerprint density at radius 3 is 2.12 bits per heavy atom. The maximum absolute atomic E-state index is 13.4. The summed E-state index contributed by atoms with van der Waals surface area (Å²) in [5.74, 6) is 0.385. The lowest BCUT2D eigenvalue weighted by molar-refractivity contribution is -0.129. The summed E-state index contributed by atoms with van der Waals surface area (Å²) in [7, 11) is 3.18. The van der Waals surface area contributed by atoms with Crippen molar-refractivity contribution < 1.29 is 23.5 Å². The average molecular weight is 463 g/mol. The summed E-state index contributed by atoms with van der Waals surface area (Å²) < 4.78 is 23.8. The predicted octanol–water partition coefficient (Wildman–Crippen LogP) is 4.64. The van der Waals surface area contributed by atoms with Crippen LogP contribution in [0.3, 0.4) is 0 Å². The van der Waals surface area contributed by atoms with Crippen molar-refractivity contribution in [2.45, 2.75) is 25.4 Å². The molecule has 6 nitrogen and oxygen atoms in total. The van der Waals surface area contributed by atoms with Gasteiger partial charge in [-0.15, -0.1) is 0 Å². The number of rotatable bonds is 7. The van der Waals surface area contributed by atoms with Crippen LogP contribution in [0.1, 0.15) is 30.0 Å². The molecular formula is C27H27FN2O4. The van der Waals surface area contributed by atoms with E-state index in [0.29, 0.717) is 23.6 Å². The van der Waals surface area contributed by atoms with Gasteiger partial charge in [-0.2, -0.15) is 0 Å². The molecule has 4 rings (SSSR count). The molecule has 34 heavy (non-hydrogen) atoms. The molecule has 1 aliphatic rings. The summed E-state index contributed by atoms with van der Waals surface area (Å²) >= 11 is 0. The van der Waals surface area contributed by atoms with Crippen LogP contribution < -0.4 is 19.7 Å². The first-order valence-electron chi connectivity index (χ1n) is 11.1. The third-order valence-corrected chi connectivity index (χ3v) is 6.12. The predicted molar refractivity (Wildman–Crippen MR) is 127 cm³/mol. The van der Waals surface area contributed by atoms with Gasteiger partial charge in [0.1, 0.15) is 17.3 Å². The molecule has 2 amide bonds. The van der Waals surface area contributed by atoms with Gasteiger partial charge in [-0.3, -0.25) is 9.59 Å². The number of hydrogen-bond acceptors (Lipinski definition) is 4. The topological polar surface area (TPSA) is 67.9 Å². The van der Waals surface area contributed by atoms with Crippen molar-refractivity contribution in [3.05, 3.63) is 89.7 Å². The molecule has 2 atom stereocenters. The lowest BCUT2D eigenvalue weighted by Crippen LogP contribution is -2.48. The van der Waals surface area contributed by atoms with Gasteiger partial charge in [0, 0.05) is 18.7 Å². The molecule has 176 valence electrons. The molecule has 1 fully saturated rings. The number of methoxy groups -OCH3 is 2. The van der Waals surface area contributed by atoms with Gasteiger partial charge < -0.3 is 19.7 Å². The molecule has 0 saturated carbocycles. The van der Waals surface area contributed by atoms with Crippen LogP contribution in [-0.2, 0) is 16.1 Å². The molecular weight excluding hydrogens is 435 g/mol. The van der Waals surface area contributed by atoms with Crippen molar-refractivity contribution in [1.29, 1.82) is 0 Å². The van der Waals surface area contributed by atoms with E-state index in [9.17, 15) is 14.0 Å². The third-order valence-electron chi connectivity index (χ3n) is 6.12. The van der Waals surface area contributed by atoms with Gasteiger partial charge >= 0.3 is 0 Å². The average Bonchev–Trinajstić information content (AvgIpc) is 2.88. The molecule has 0 bridgehead atoms. The molecule has 1 heterocycles. The lowest BCUT2D eigenvalue weighted by Gasteiger charge is -2.41. The van der Waals surface area contributed by atoms with Crippen LogP contribution in [0.25, 0.3) is 0 Å². The Kier molecular flexibility index (Phi) is 7.11. The Morgan fingerprint density at radius 2 is 1.53 bits per heavy atom. The lowest BCUT2D eigenvalue weighted by atomic mass is 9.83. The highest BCUT2D eigenvalue weighted by molar-refractivity contribution is 5.97. The van der Waals surface area contributed by atoms with E-state index in [2.05, 4.69) is 5.32 Å². The molecule has 0 aromatic heterocycles. The number of anilines is 1. The standard InChI is InChI=1S/C27H27FN2O4/c1-33-22-11-5-19(6-12-22)26-24(27(32)29-17-18-3-7-20(28)8-4-18)15-16-25(31)30(26)21-9-13-23(34-2)14-10-21/h3-14,24,26H,15-17H2,1-2H3,(H,29,32)/t24-,26+/m0/s1. The van der Waals surface area contributed by atoms with E-state index in [4.69, 9.17) is 9.47 Å². The highest BCUT2D eigenvalue weighted by Crippen LogP contribution is 2.41. The second-order valence-electron chi connectivity index (χ2n) is 8.17. The van der Waals surface area contributed by atoms with Crippen molar-refractivity contribution in [2.24, 2.45) is 5.92 Å². The van der Waals surface area contributed by atoms with Crippen molar-refractivity contribution in [2.75, 3.05) is 19.1 Å². The highest BCUT2D eigenvalue weighted by atomic mass is 19.1. The smallest absolute Gasteiger partial charge is 0.227 e. The van der Waals surface area contributed by atoms with Crippen LogP contribution in [0, 0.1) is 11.7 Å². The molecule has 1 N–H and O–H groups in total. The Morgan fingerprint density at radius 1 is 0.941 bits per heavy atom. The van der Waals surface area contributed by atoms with Gasteiger partial charge in [-0.25, -0.2) is 4.39 Å². The molecule has 1 saturated heterocycles. The summed E-state index contributed by atoms with van der Waals surface area (Å²) in [6.45, 7) is 0.279. The van der Waals surface area contributed by atoms with Crippen molar-refractivity contribution in [3.8, 4) is 11.5 Å². The molecule has 0 spiro atoms. The van der Waals surface area contributed by atoms with E-state index >= 15 is 0 Å². The van der Waals surface area contributed by atoms with E-state index in [1.54, 1.807) is 43.4 Å². The zero-order chi connectivity index (χ0) is 24.1. The van der Waals surface area contributed by atoms with Gasteiger partial charge in [0.2, 0.25) is 11.8 Å². The second kappa shape index (κ2) is 10.4. The normalized spacial score (nSPS) is 17.9. The first-order valence-corrected chi connectivity index (χ1v) is 11.1. The Bertz CT molecular complexity index is 1130. The summed E-state index contributed by atoms with van der Waals surface area (Å²) in [6.07, 6.45) is 0.685. The number of hydrogen-bond donors (Lipinski definition) is 1. The summed E-state index contributed by atoms with van der Waals surface area (Å²) in [5.41, 5.74) is 2.34. The van der Waals surface area contributed by atoms with E-state index in [0.717, 1.165) is 11.1 Å². The number of carbonyl (C=O) groups is 2. The summed E-state index contributed by atoms with van der Waals surface area (Å²) in [5, 5.41) is 2.97.